The third kappa shape index (κ3) is 3.40. The Balaban J connectivity index is 1.24. The van der Waals surface area contributed by atoms with Crippen molar-refractivity contribution in [3.63, 3.8) is 0 Å². The zero-order chi connectivity index (χ0) is 27.5. The van der Waals surface area contributed by atoms with Crippen molar-refractivity contribution in [2.24, 2.45) is 11.8 Å². The van der Waals surface area contributed by atoms with E-state index in [1.54, 1.807) is 49.6 Å². The van der Waals surface area contributed by atoms with Gasteiger partial charge in [0.05, 0.1) is 37.4 Å². The molecule has 2 atom stereocenters. The summed E-state index contributed by atoms with van der Waals surface area (Å²) < 4.78 is 10.7. The fourth-order valence-corrected chi connectivity index (χ4v) is 6.82. The van der Waals surface area contributed by atoms with Gasteiger partial charge in [0, 0.05) is 23.5 Å². The quantitative estimate of drug-likeness (QED) is 0.352. The van der Waals surface area contributed by atoms with Crippen LogP contribution in [0.15, 0.2) is 91.0 Å². The maximum absolute atomic E-state index is 14.1. The number of amides is 3. The minimum Gasteiger partial charge on any atom is -0.497 e. The highest BCUT2D eigenvalue weighted by Crippen LogP contribution is 2.61. The van der Waals surface area contributed by atoms with Crippen LogP contribution in [0.4, 0.5) is 11.4 Å². The Hall–Kier alpha value is -4.91. The number of methoxy groups -OCH3 is 2. The summed E-state index contributed by atoms with van der Waals surface area (Å²) in [6.07, 6.45) is 0. The first-order valence-corrected chi connectivity index (χ1v) is 13.2. The molecule has 1 aliphatic heterocycles. The van der Waals surface area contributed by atoms with E-state index in [1.165, 1.54) is 12.0 Å². The molecule has 0 saturated carbocycles. The van der Waals surface area contributed by atoms with Gasteiger partial charge in [0.25, 0.3) is 5.91 Å². The summed E-state index contributed by atoms with van der Waals surface area (Å²) in [6.45, 7) is 0. The molecule has 3 aliphatic carbocycles. The lowest BCUT2D eigenvalue weighted by Crippen LogP contribution is -2.41. The molecule has 40 heavy (non-hydrogen) atoms. The number of ether oxygens (including phenoxy) is 2. The average Bonchev–Trinajstić information content (AvgIpc) is 3.27. The maximum atomic E-state index is 14.1. The zero-order valence-corrected chi connectivity index (χ0v) is 22.0. The lowest BCUT2D eigenvalue weighted by atomic mass is 9.55. The Labute approximate surface area is 231 Å². The second-order valence-electron chi connectivity index (χ2n) is 10.3. The number of imide groups is 1. The van der Waals surface area contributed by atoms with Crippen molar-refractivity contribution in [3.8, 4) is 11.5 Å². The van der Waals surface area contributed by atoms with Crippen molar-refractivity contribution in [3.05, 3.63) is 119 Å². The van der Waals surface area contributed by atoms with E-state index in [0.717, 1.165) is 22.3 Å². The van der Waals surface area contributed by atoms with Crippen LogP contribution in [-0.2, 0) is 9.59 Å². The minimum absolute atomic E-state index is 0.184. The van der Waals surface area contributed by atoms with Gasteiger partial charge in [-0.2, -0.15) is 0 Å². The van der Waals surface area contributed by atoms with Crippen molar-refractivity contribution in [2.75, 3.05) is 24.4 Å². The van der Waals surface area contributed by atoms with Crippen LogP contribution < -0.4 is 19.7 Å². The normalized spacial score (nSPS) is 21.9. The third-order valence-electron chi connectivity index (χ3n) is 8.47. The molecule has 0 radical (unpaired) electrons. The molecule has 1 saturated heterocycles. The second-order valence-corrected chi connectivity index (χ2v) is 10.3. The van der Waals surface area contributed by atoms with Crippen LogP contribution in [0.25, 0.3) is 0 Å². The number of hydrogen-bond acceptors (Lipinski definition) is 5. The Morgan fingerprint density at radius 2 is 1.27 bits per heavy atom. The first-order valence-electron chi connectivity index (χ1n) is 13.2. The van der Waals surface area contributed by atoms with E-state index in [9.17, 15) is 14.4 Å². The van der Waals surface area contributed by atoms with Gasteiger partial charge in [0.2, 0.25) is 11.8 Å². The van der Waals surface area contributed by atoms with E-state index >= 15 is 0 Å². The molecule has 8 rings (SSSR count). The van der Waals surface area contributed by atoms with Gasteiger partial charge in [-0.1, -0.05) is 54.6 Å². The molecule has 0 unspecified atom stereocenters. The Morgan fingerprint density at radius 1 is 0.700 bits per heavy atom. The van der Waals surface area contributed by atoms with E-state index in [1.807, 2.05) is 24.3 Å². The number of nitrogens with zero attached hydrogens (tertiary/aromatic N) is 1. The molecule has 1 heterocycles. The summed E-state index contributed by atoms with van der Waals surface area (Å²) >= 11 is 0. The van der Waals surface area contributed by atoms with Gasteiger partial charge in [-0.05, 0) is 52.6 Å². The molecule has 7 heteroatoms. The minimum atomic E-state index is -0.485. The summed E-state index contributed by atoms with van der Waals surface area (Å²) in [5, 5.41) is 2.86. The summed E-state index contributed by atoms with van der Waals surface area (Å²) in [6, 6.07) is 28.1. The van der Waals surface area contributed by atoms with Gasteiger partial charge in [-0.15, -0.1) is 0 Å². The lowest BCUT2D eigenvalue weighted by Gasteiger charge is -2.45. The molecule has 2 bridgehead atoms. The highest BCUT2D eigenvalue weighted by molar-refractivity contribution is 6.23. The number of carbonyl (C=O) groups excluding carboxylic acids is 3. The molecule has 1 N–H and O–H groups in total. The third-order valence-corrected chi connectivity index (χ3v) is 8.47. The van der Waals surface area contributed by atoms with E-state index in [2.05, 4.69) is 29.6 Å². The number of benzene rings is 4. The molecule has 4 aromatic carbocycles. The predicted octanol–water partition coefficient (Wildman–Crippen LogP) is 5.35. The number of carbonyl (C=O) groups is 3. The van der Waals surface area contributed by atoms with Crippen LogP contribution in [0.2, 0.25) is 0 Å². The highest BCUT2D eigenvalue weighted by atomic mass is 16.5. The van der Waals surface area contributed by atoms with Crippen molar-refractivity contribution in [2.45, 2.75) is 11.8 Å². The van der Waals surface area contributed by atoms with Crippen LogP contribution in [0, 0.1) is 11.8 Å². The predicted molar refractivity (Wildman–Crippen MR) is 150 cm³/mol. The summed E-state index contributed by atoms with van der Waals surface area (Å²) in [7, 11) is 3.06. The fraction of sp³-hybridized carbons (Fsp3) is 0.182. The van der Waals surface area contributed by atoms with Crippen molar-refractivity contribution >= 4 is 29.1 Å². The van der Waals surface area contributed by atoms with Crippen LogP contribution in [-0.4, -0.2) is 31.9 Å². The largest absolute Gasteiger partial charge is 0.497 e. The molecule has 7 nitrogen and oxygen atoms in total. The van der Waals surface area contributed by atoms with Gasteiger partial charge >= 0.3 is 0 Å². The SMILES string of the molecule is COc1ccc(OC)c(NC(=O)c2cccc(N3C(=O)[C@@H]4C5c6ccccc6C(c6ccccc65)[C@H]4C3=O)c2)c1. The summed E-state index contributed by atoms with van der Waals surface area (Å²) in [5.41, 5.74) is 5.64. The van der Waals surface area contributed by atoms with E-state index in [4.69, 9.17) is 9.47 Å². The van der Waals surface area contributed by atoms with Crippen LogP contribution in [0.5, 0.6) is 11.5 Å². The Kier molecular flexibility index (Phi) is 5.49. The summed E-state index contributed by atoms with van der Waals surface area (Å²) in [4.78, 5) is 42.7. The zero-order valence-electron chi connectivity index (χ0n) is 22.0. The van der Waals surface area contributed by atoms with Gasteiger partial charge in [0.1, 0.15) is 11.5 Å². The lowest BCUT2D eigenvalue weighted by molar-refractivity contribution is -0.122. The van der Waals surface area contributed by atoms with Crippen molar-refractivity contribution in [1.82, 2.24) is 0 Å². The van der Waals surface area contributed by atoms with E-state index < -0.39 is 17.7 Å². The molecule has 4 aliphatic rings. The Morgan fingerprint density at radius 3 is 1.80 bits per heavy atom. The standard InChI is InChI=1S/C33H26N2O5/c1-39-20-14-15-26(40-2)25(17-20)34-31(36)18-8-7-9-19(16-18)35-32(37)29-27-21-10-3-4-11-22(21)28(30(29)33(35)38)24-13-6-5-12-23(24)27/h3-17,27-30H,1-2H3,(H,34,36)/t27?,28?,29-,30-/m1/s1. The van der Waals surface area contributed by atoms with Gasteiger partial charge in [-0.25, -0.2) is 4.90 Å². The van der Waals surface area contributed by atoms with E-state index in [0.29, 0.717) is 28.4 Å². The van der Waals surface area contributed by atoms with Gasteiger partial charge < -0.3 is 14.8 Å². The maximum Gasteiger partial charge on any atom is 0.255 e. The smallest absolute Gasteiger partial charge is 0.255 e. The Bertz CT molecular complexity index is 1600. The van der Waals surface area contributed by atoms with Crippen LogP contribution in [0.1, 0.15) is 44.4 Å². The molecule has 3 amide bonds. The fourth-order valence-electron chi connectivity index (χ4n) is 6.82. The number of hydrogen-bond donors (Lipinski definition) is 1. The number of rotatable bonds is 5. The topological polar surface area (TPSA) is 84.9 Å². The highest BCUT2D eigenvalue weighted by Gasteiger charge is 2.61. The van der Waals surface area contributed by atoms with E-state index in [-0.39, 0.29) is 23.7 Å². The summed E-state index contributed by atoms with van der Waals surface area (Å²) in [5.74, 6) is -1.13. The number of nitrogens with one attached hydrogen (secondary N) is 1. The molecular weight excluding hydrogens is 504 g/mol. The molecular formula is C33H26N2O5. The monoisotopic (exact) mass is 530 g/mol. The molecule has 1 fully saturated rings. The molecule has 0 spiro atoms. The van der Waals surface area contributed by atoms with Crippen LogP contribution >= 0.6 is 0 Å². The average molecular weight is 531 g/mol. The van der Waals surface area contributed by atoms with Crippen molar-refractivity contribution < 1.29 is 23.9 Å². The molecule has 198 valence electrons. The molecule has 4 aromatic rings. The van der Waals surface area contributed by atoms with Gasteiger partial charge in [0.15, 0.2) is 0 Å². The van der Waals surface area contributed by atoms with Gasteiger partial charge in [-0.3, -0.25) is 14.4 Å². The number of anilines is 2. The van der Waals surface area contributed by atoms with Crippen molar-refractivity contribution in [1.29, 1.82) is 0 Å². The first-order chi connectivity index (χ1) is 19.5. The first kappa shape index (κ1) is 24.2. The van der Waals surface area contributed by atoms with Crippen LogP contribution in [0.3, 0.4) is 0 Å². The second kappa shape index (κ2) is 9.09. The molecule has 0 aromatic heterocycles.